The minimum atomic E-state index is -0.549. The van der Waals surface area contributed by atoms with Crippen LogP contribution in [0.25, 0.3) is 0 Å². The number of amides is 1. The lowest BCUT2D eigenvalue weighted by Gasteiger charge is -2.17. The van der Waals surface area contributed by atoms with E-state index < -0.39 is 5.79 Å². The molecule has 0 aliphatic carbocycles. The van der Waals surface area contributed by atoms with Gasteiger partial charge in [0.15, 0.2) is 5.79 Å². The molecule has 0 saturated carbocycles. The first-order valence-corrected chi connectivity index (χ1v) is 6.36. The van der Waals surface area contributed by atoms with Crippen molar-refractivity contribution in [2.75, 3.05) is 13.2 Å². The zero-order chi connectivity index (χ0) is 12.5. The van der Waals surface area contributed by atoms with E-state index in [0.29, 0.717) is 18.8 Å². The first kappa shape index (κ1) is 12.5. The topological polar surface area (TPSA) is 60.5 Å². The van der Waals surface area contributed by atoms with E-state index in [2.05, 4.69) is 10.3 Å². The van der Waals surface area contributed by atoms with Gasteiger partial charge in [-0.05, 0) is 20.8 Å². The Kier molecular flexibility index (Phi) is 3.46. The predicted octanol–water partition coefficient (Wildman–Crippen LogP) is 1.33. The molecule has 1 unspecified atom stereocenters. The first-order valence-electron chi connectivity index (χ1n) is 5.48. The lowest BCUT2D eigenvalue weighted by atomic mass is 10.3. The van der Waals surface area contributed by atoms with Crippen LogP contribution >= 0.6 is 11.3 Å². The lowest BCUT2D eigenvalue weighted by Crippen LogP contribution is -2.34. The Morgan fingerprint density at radius 3 is 3.00 bits per heavy atom. The highest BCUT2D eigenvalue weighted by molar-refractivity contribution is 7.09. The summed E-state index contributed by atoms with van der Waals surface area (Å²) in [4.78, 5) is 15.8. The quantitative estimate of drug-likeness (QED) is 0.886. The van der Waals surface area contributed by atoms with Gasteiger partial charge in [0.05, 0.1) is 11.6 Å². The summed E-state index contributed by atoms with van der Waals surface area (Å²) in [5.41, 5.74) is 0.464. The molecule has 0 aromatic carbocycles. The lowest BCUT2D eigenvalue weighted by molar-refractivity contribution is -0.137. The van der Waals surface area contributed by atoms with Crippen LogP contribution in [0, 0.1) is 6.92 Å². The third kappa shape index (κ3) is 3.24. The molecule has 94 valence electrons. The Morgan fingerprint density at radius 1 is 1.71 bits per heavy atom. The number of hydrogen-bond donors (Lipinski definition) is 1. The van der Waals surface area contributed by atoms with Gasteiger partial charge in [-0.1, -0.05) is 0 Å². The molecule has 1 N–H and O–H groups in total. The highest BCUT2D eigenvalue weighted by atomic mass is 32.1. The van der Waals surface area contributed by atoms with Crippen molar-refractivity contribution in [3.8, 4) is 0 Å². The summed E-state index contributed by atoms with van der Waals surface area (Å²) in [7, 11) is 0. The van der Waals surface area contributed by atoms with Crippen molar-refractivity contribution in [2.24, 2.45) is 0 Å². The second-order valence-corrected chi connectivity index (χ2v) is 5.47. The molecular formula is C11H16N2O3S. The van der Waals surface area contributed by atoms with Crippen LogP contribution in [0.2, 0.25) is 0 Å². The maximum absolute atomic E-state index is 11.7. The standard InChI is InChI=1S/C11H16N2O3S/c1-7-13-9(6-17-7)10(14)12-4-8-5-15-11(2,3)16-8/h6,8H,4-5H2,1-3H3,(H,12,14). The summed E-state index contributed by atoms with van der Waals surface area (Å²) in [6.45, 7) is 6.54. The van der Waals surface area contributed by atoms with Gasteiger partial charge in [-0.3, -0.25) is 4.79 Å². The van der Waals surface area contributed by atoms with Gasteiger partial charge in [-0.15, -0.1) is 11.3 Å². The minimum Gasteiger partial charge on any atom is -0.348 e. The van der Waals surface area contributed by atoms with Crippen LogP contribution in [0.4, 0.5) is 0 Å². The number of thiazole rings is 1. The van der Waals surface area contributed by atoms with E-state index in [4.69, 9.17) is 9.47 Å². The number of aryl methyl sites for hydroxylation is 1. The van der Waals surface area contributed by atoms with Crippen LogP contribution in [0.15, 0.2) is 5.38 Å². The van der Waals surface area contributed by atoms with E-state index in [1.165, 1.54) is 11.3 Å². The molecule has 0 bridgehead atoms. The van der Waals surface area contributed by atoms with E-state index in [9.17, 15) is 4.79 Å². The van der Waals surface area contributed by atoms with Crippen LogP contribution in [0.3, 0.4) is 0 Å². The van der Waals surface area contributed by atoms with E-state index >= 15 is 0 Å². The van der Waals surface area contributed by atoms with Gasteiger partial charge in [0, 0.05) is 11.9 Å². The number of hydrogen-bond acceptors (Lipinski definition) is 5. The Morgan fingerprint density at radius 2 is 2.47 bits per heavy atom. The fourth-order valence-electron chi connectivity index (χ4n) is 1.63. The number of nitrogens with zero attached hydrogens (tertiary/aromatic N) is 1. The van der Waals surface area contributed by atoms with Crippen LogP contribution in [-0.2, 0) is 9.47 Å². The van der Waals surface area contributed by atoms with Gasteiger partial charge in [0.2, 0.25) is 0 Å². The number of ether oxygens (including phenoxy) is 2. The smallest absolute Gasteiger partial charge is 0.270 e. The van der Waals surface area contributed by atoms with Gasteiger partial charge >= 0.3 is 0 Å². The Balaban J connectivity index is 1.81. The van der Waals surface area contributed by atoms with Crippen molar-refractivity contribution in [3.05, 3.63) is 16.1 Å². The van der Waals surface area contributed by atoms with Gasteiger partial charge in [0.25, 0.3) is 5.91 Å². The summed E-state index contributed by atoms with van der Waals surface area (Å²) in [6, 6.07) is 0. The third-order valence-electron chi connectivity index (χ3n) is 2.41. The molecule has 2 heterocycles. The zero-order valence-corrected chi connectivity index (χ0v) is 11.0. The van der Waals surface area contributed by atoms with Crippen molar-refractivity contribution in [2.45, 2.75) is 32.7 Å². The van der Waals surface area contributed by atoms with Crippen molar-refractivity contribution >= 4 is 17.2 Å². The zero-order valence-electron chi connectivity index (χ0n) is 10.1. The van der Waals surface area contributed by atoms with Crippen LogP contribution < -0.4 is 5.32 Å². The maximum atomic E-state index is 11.7. The Hall–Kier alpha value is -0.980. The minimum absolute atomic E-state index is 0.0892. The summed E-state index contributed by atoms with van der Waals surface area (Å²) in [5, 5.41) is 5.43. The molecule has 1 aromatic rings. The molecule has 1 atom stereocenters. The van der Waals surface area contributed by atoms with E-state index in [1.807, 2.05) is 20.8 Å². The van der Waals surface area contributed by atoms with Crippen molar-refractivity contribution in [1.82, 2.24) is 10.3 Å². The van der Waals surface area contributed by atoms with Crippen LogP contribution in [0.1, 0.15) is 29.3 Å². The average molecular weight is 256 g/mol. The van der Waals surface area contributed by atoms with E-state index in [1.54, 1.807) is 5.38 Å². The SMILES string of the molecule is Cc1nc(C(=O)NCC2COC(C)(C)O2)cs1. The highest BCUT2D eigenvalue weighted by Crippen LogP contribution is 2.21. The Labute approximate surface area is 104 Å². The van der Waals surface area contributed by atoms with Gasteiger partial charge in [0.1, 0.15) is 11.8 Å². The summed E-state index contributed by atoms with van der Waals surface area (Å²) in [5.74, 6) is -0.713. The number of carbonyl (C=O) groups is 1. The monoisotopic (exact) mass is 256 g/mol. The molecule has 2 rings (SSSR count). The molecule has 1 aliphatic rings. The molecule has 1 saturated heterocycles. The number of rotatable bonds is 3. The van der Waals surface area contributed by atoms with Gasteiger partial charge in [-0.2, -0.15) is 0 Å². The maximum Gasteiger partial charge on any atom is 0.270 e. The molecule has 0 spiro atoms. The first-order chi connectivity index (χ1) is 7.96. The number of carbonyl (C=O) groups excluding carboxylic acids is 1. The number of nitrogens with one attached hydrogen (secondary N) is 1. The predicted molar refractivity (Wildman–Crippen MR) is 64.1 cm³/mol. The molecule has 6 heteroatoms. The molecule has 1 amide bonds. The third-order valence-corrected chi connectivity index (χ3v) is 3.18. The molecular weight excluding hydrogens is 240 g/mol. The Bertz CT molecular complexity index is 417. The summed E-state index contributed by atoms with van der Waals surface area (Å²) in [6.07, 6.45) is -0.0892. The van der Waals surface area contributed by atoms with E-state index in [0.717, 1.165) is 5.01 Å². The summed E-state index contributed by atoms with van der Waals surface area (Å²) < 4.78 is 11.0. The molecule has 5 nitrogen and oxygen atoms in total. The van der Waals surface area contributed by atoms with Gasteiger partial charge < -0.3 is 14.8 Å². The fourth-order valence-corrected chi connectivity index (χ4v) is 2.22. The van der Waals surface area contributed by atoms with E-state index in [-0.39, 0.29) is 12.0 Å². The van der Waals surface area contributed by atoms with Crippen LogP contribution in [-0.4, -0.2) is 35.9 Å². The van der Waals surface area contributed by atoms with Crippen molar-refractivity contribution in [1.29, 1.82) is 0 Å². The van der Waals surface area contributed by atoms with Gasteiger partial charge in [-0.25, -0.2) is 4.98 Å². The van der Waals surface area contributed by atoms with Crippen molar-refractivity contribution < 1.29 is 14.3 Å². The molecule has 1 aliphatic heterocycles. The molecule has 1 fully saturated rings. The molecule has 0 radical (unpaired) electrons. The second kappa shape index (κ2) is 4.72. The average Bonchev–Trinajstić information content (AvgIpc) is 2.81. The normalized spacial score (nSPS) is 22.6. The second-order valence-electron chi connectivity index (χ2n) is 4.41. The molecule has 1 aromatic heterocycles. The largest absolute Gasteiger partial charge is 0.348 e. The number of aromatic nitrogens is 1. The highest BCUT2D eigenvalue weighted by Gasteiger charge is 2.32. The van der Waals surface area contributed by atoms with Crippen molar-refractivity contribution in [3.63, 3.8) is 0 Å². The fraction of sp³-hybridized carbons (Fsp3) is 0.636. The summed E-state index contributed by atoms with van der Waals surface area (Å²) >= 11 is 1.46. The molecule has 17 heavy (non-hydrogen) atoms. The van der Waals surface area contributed by atoms with Crippen LogP contribution in [0.5, 0.6) is 0 Å².